The lowest BCUT2D eigenvalue weighted by Crippen LogP contribution is -2.18. The molecule has 0 amide bonds. The van der Waals surface area contributed by atoms with Crippen molar-refractivity contribution < 1.29 is 4.74 Å². The fraction of sp³-hybridized carbons (Fsp3) is 0.250. The van der Waals surface area contributed by atoms with Crippen LogP contribution in [0.25, 0.3) is 0 Å². The van der Waals surface area contributed by atoms with Crippen molar-refractivity contribution in [2.45, 2.75) is 12.5 Å². The van der Waals surface area contributed by atoms with Gasteiger partial charge in [0.25, 0.3) is 0 Å². The Morgan fingerprint density at radius 1 is 1.20 bits per heavy atom. The SMILES string of the molecule is CNC(Cc1ccc(Cl)cc1)c1ccc(OC)c(Br)c1. The summed E-state index contributed by atoms with van der Waals surface area (Å²) in [5.74, 6) is 0.843. The summed E-state index contributed by atoms with van der Waals surface area (Å²) in [7, 11) is 3.64. The van der Waals surface area contributed by atoms with Crippen LogP contribution in [-0.2, 0) is 6.42 Å². The number of likely N-dealkylation sites (N-methyl/N-ethyl adjacent to an activating group) is 1. The van der Waals surface area contributed by atoms with Gasteiger partial charge in [-0.25, -0.2) is 0 Å². The van der Waals surface area contributed by atoms with Gasteiger partial charge in [0.05, 0.1) is 11.6 Å². The van der Waals surface area contributed by atoms with Crippen LogP contribution >= 0.6 is 27.5 Å². The molecule has 0 fully saturated rings. The summed E-state index contributed by atoms with van der Waals surface area (Å²) in [6, 6.07) is 14.4. The second kappa shape index (κ2) is 7.11. The standard InChI is InChI=1S/C16H17BrClNO/c1-19-15(9-11-3-6-13(18)7-4-11)12-5-8-16(20-2)14(17)10-12/h3-8,10,15,19H,9H2,1-2H3. The van der Waals surface area contributed by atoms with E-state index in [2.05, 4.69) is 45.5 Å². The third kappa shape index (κ3) is 3.75. The van der Waals surface area contributed by atoms with E-state index in [9.17, 15) is 0 Å². The first-order chi connectivity index (χ1) is 9.63. The molecule has 2 aromatic carbocycles. The Kier molecular flexibility index (Phi) is 5.46. The molecule has 0 aliphatic heterocycles. The molecule has 0 aliphatic rings. The molecule has 1 unspecified atom stereocenters. The van der Waals surface area contributed by atoms with E-state index in [1.165, 1.54) is 11.1 Å². The maximum absolute atomic E-state index is 5.92. The van der Waals surface area contributed by atoms with Crippen LogP contribution in [0.5, 0.6) is 5.75 Å². The fourth-order valence-corrected chi connectivity index (χ4v) is 2.83. The normalized spacial score (nSPS) is 12.2. The summed E-state index contributed by atoms with van der Waals surface area (Å²) in [5.41, 5.74) is 2.47. The Hall–Kier alpha value is -1.03. The topological polar surface area (TPSA) is 21.3 Å². The van der Waals surface area contributed by atoms with Gasteiger partial charge in [0, 0.05) is 11.1 Å². The zero-order valence-electron chi connectivity index (χ0n) is 11.5. The molecule has 4 heteroatoms. The molecule has 2 aromatic rings. The van der Waals surface area contributed by atoms with Gasteiger partial charge in [0.15, 0.2) is 0 Å². The second-order valence-electron chi connectivity index (χ2n) is 4.57. The van der Waals surface area contributed by atoms with Gasteiger partial charge in [0.2, 0.25) is 0 Å². The summed E-state index contributed by atoms with van der Waals surface area (Å²) < 4.78 is 6.23. The van der Waals surface area contributed by atoms with Crippen LogP contribution in [0.2, 0.25) is 5.02 Å². The van der Waals surface area contributed by atoms with Crippen LogP contribution in [0, 0.1) is 0 Å². The van der Waals surface area contributed by atoms with Crippen LogP contribution in [0.3, 0.4) is 0 Å². The first-order valence-electron chi connectivity index (χ1n) is 6.39. The lowest BCUT2D eigenvalue weighted by Gasteiger charge is -2.18. The number of halogens is 2. The molecule has 0 aliphatic carbocycles. The zero-order chi connectivity index (χ0) is 14.5. The number of methoxy groups -OCH3 is 1. The summed E-state index contributed by atoms with van der Waals surface area (Å²) in [4.78, 5) is 0. The van der Waals surface area contributed by atoms with Crippen molar-refractivity contribution in [1.82, 2.24) is 5.32 Å². The van der Waals surface area contributed by atoms with Crippen LogP contribution < -0.4 is 10.1 Å². The van der Waals surface area contributed by atoms with E-state index in [4.69, 9.17) is 16.3 Å². The van der Waals surface area contributed by atoms with Gasteiger partial charge in [-0.05, 0) is 64.8 Å². The van der Waals surface area contributed by atoms with Crippen molar-refractivity contribution in [3.8, 4) is 5.75 Å². The minimum Gasteiger partial charge on any atom is -0.496 e. The molecule has 0 bridgehead atoms. The van der Waals surface area contributed by atoms with Crippen LogP contribution in [-0.4, -0.2) is 14.2 Å². The lowest BCUT2D eigenvalue weighted by molar-refractivity contribution is 0.411. The maximum atomic E-state index is 5.92. The average Bonchev–Trinajstić information content (AvgIpc) is 2.46. The molecule has 0 saturated carbocycles. The van der Waals surface area contributed by atoms with Gasteiger partial charge in [-0.3, -0.25) is 0 Å². The largest absolute Gasteiger partial charge is 0.496 e. The number of rotatable bonds is 5. The molecular formula is C16H17BrClNO. The third-order valence-corrected chi connectivity index (χ3v) is 4.15. The first kappa shape index (κ1) is 15.4. The maximum Gasteiger partial charge on any atom is 0.133 e. The summed E-state index contributed by atoms with van der Waals surface area (Å²) in [6.45, 7) is 0. The molecule has 0 saturated heterocycles. The van der Waals surface area contributed by atoms with Crippen molar-refractivity contribution in [2.24, 2.45) is 0 Å². The quantitative estimate of drug-likeness (QED) is 0.846. The summed E-state index contributed by atoms with van der Waals surface area (Å²) in [6.07, 6.45) is 0.909. The van der Waals surface area contributed by atoms with E-state index in [0.29, 0.717) is 0 Å². The minimum absolute atomic E-state index is 0.249. The molecule has 0 heterocycles. The number of ether oxygens (including phenoxy) is 1. The van der Waals surface area contributed by atoms with Gasteiger partial charge >= 0.3 is 0 Å². The lowest BCUT2D eigenvalue weighted by atomic mass is 9.99. The number of benzene rings is 2. The van der Waals surface area contributed by atoms with Crippen molar-refractivity contribution in [2.75, 3.05) is 14.2 Å². The van der Waals surface area contributed by atoms with E-state index in [1.807, 2.05) is 25.2 Å². The molecule has 2 nitrogen and oxygen atoms in total. The van der Waals surface area contributed by atoms with Gasteiger partial charge in [-0.2, -0.15) is 0 Å². The fourth-order valence-electron chi connectivity index (χ4n) is 2.14. The number of hydrogen-bond donors (Lipinski definition) is 1. The Morgan fingerprint density at radius 2 is 1.90 bits per heavy atom. The number of nitrogens with one attached hydrogen (secondary N) is 1. The Bertz CT molecular complexity index is 571. The van der Waals surface area contributed by atoms with Crippen molar-refractivity contribution in [3.05, 3.63) is 63.1 Å². The average molecular weight is 355 g/mol. The molecule has 106 valence electrons. The van der Waals surface area contributed by atoms with E-state index in [0.717, 1.165) is 21.7 Å². The van der Waals surface area contributed by atoms with Crippen molar-refractivity contribution in [3.63, 3.8) is 0 Å². The van der Waals surface area contributed by atoms with Gasteiger partial charge in [0.1, 0.15) is 5.75 Å². The summed E-state index contributed by atoms with van der Waals surface area (Å²) >= 11 is 9.45. The van der Waals surface area contributed by atoms with E-state index in [1.54, 1.807) is 7.11 Å². The highest BCUT2D eigenvalue weighted by atomic mass is 79.9. The van der Waals surface area contributed by atoms with E-state index < -0.39 is 0 Å². The smallest absolute Gasteiger partial charge is 0.133 e. The third-order valence-electron chi connectivity index (χ3n) is 3.28. The first-order valence-corrected chi connectivity index (χ1v) is 7.56. The van der Waals surface area contributed by atoms with Crippen molar-refractivity contribution >= 4 is 27.5 Å². The highest BCUT2D eigenvalue weighted by Crippen LogP contribution is 2.29. The van der Waals surface area contributed by atoms with Crippen LogP contribution in [0.1, 0.15) is 17.2 Å². The molecular weight excluding hydrogens is 338 g/mol. The van der Waals surface area contributed by atoms with Gasteiger partial charge in [-0.15, -0.1) is 0 Å². The molecule has 0 aromatic heterocycles. The van der Waals surface area contributed by atoms with Gasteiger partial charge in [-0.1, -0.05) is 29.8 Å². The Labute approximate surface area is 133 Å². The van der Waals surface area contributed by atoms with E-state index in [-0.39, 0.29) is 6.04 Å². The highest BCUT2D eigenvalue weighted by molar-refractivity contribution is 9.10. The second-order valence-corrected chi connectivity index (χ2v) is 5.86. The molecule has 20 heavy (non-hydrogen) atoms. The van der Waals surface area contributed by atoms with Gasteiger partial charge < -0.3 is 10.1 Å². The molecule has 1 N–H and O–H groups in total. The highest BCUT2D eigenvalue weighted by Gasteiger charge is 2.12. The van der Waals surface area contributed by atoms with E-state index >= 15 is 0 Å². The Balaban J connectivity index is 2.19. The predicted molar refractivity (Wildman–Crippen MR) is 87.7 cm³/mol. The predicted octanol–water partition coefficient (Wildman–Crippen LogP) is 4.61. The number of hydrogen-bond acceptors (Lipinski definition) is 2. The monoisotopic (exact) mass is 353 g/mol. The Morgan fingerprint density at radius 3 is 2.45 bits per heavy atom. The summed E-state index contributed by atoms with van der Waals surface area (Å²) in [5, 5.41) is 4.12. The van der Waals surface area contributed by atoms with Crippen LogP contribution in [0.4, 0.5) is 0 Å². The minimum atomic E-state index is 0.249. The van der Waals surface area contributed by atoms with Crippen molar-refractivity contribution in [1.29, 1.82) is 0 Å². The molecule has 0 spiro atoms. The molecule has 2 rings (SSSR count). The van der Waals surface area contributed by atoms with Crippen LogP contribution in [0.15, 0.2) is 46.9 Å². The zero-order valence-corrected chi connectivity index (χ0v) is 13.8. The molecule has 1 atom stereocenters. The molecule has 0 radical (unpaired) electrons.